The van der Waals surface area contributed by atoms with Crippen molar-refractivity contribution in [3.63, 3.8) is 0 Å². The maximum Gasteiger partial charge on any atom is 0.309 e. The summed E-state index contributed by atoms with van der Waals surface area (Å²) in [6.07, 6.45) is 3.32. The normalized spacial score (nSPS) is 35.3. The number of rotatable bonds is 1. The quantitative estimate of drug-likeness (QED) is 0.662. The van der Waals surface area contributed by atoms with Gasteiger partial charge in [0, 0.05) is 6.04 Å². The Balaban J connectivity index is 0.00000121. The molecular weight excluding hydrogens is 178 g/mol. The molecule has 2 atom stereocenters. The molecule has 0 aromatic heterocycles. The Morgan fingerprint density at radius 1 is 1.67 bits per heavy atom. The van der Waals surface area contributed by atoms with Crippen LogP contribution in [0.1, 0.15) is 32.6 Å². The molecule has 4 heteroatoms. The molecule has 0 radical (unpaired) electrons. The zero-order valence-electron chi connectivity index (χ0n) is 7.25. The second-order valence-electron chi connectivity index (χ2n) is 3.72. The van der Waals surface area contributed by atoms with Crippen molar-refractivity contribution in [2.75, 3.05) is 0 Å². The molecule has 0 spiro atoms. The fraction of sp³-hybridized carbons (Fsp3) is 0.875. The molecule has 0 aromatic carbocycles. The highest BCUT2D eigenvalue weighted by molar-refractivity contribution is 5.85. The molecule has 0 unspecified atom stereocenters. The van der Waals surface area contributed by atoms with Crippen LogP contribution in [0.15, 0.2) is 0 Å². The van der Waals surface area contributed by atoms with E-state index in [2.05, 4.69) is 0 Å². The predicted octanol–water partition coefficient (Wildman–Crippen LogP) is 1.40. The first-order valence-electron chi connectivity index (χ1n) is 4.03. The number of hydrogen-bond acceptors (Lipinski definition) is 2. The van der Waals surface area contributed by atoms with Crippen molar-refractivity contribution in [3.05, 3.63) is 0 Å². The van der Waals surface area contributed by atoms with E-state index in [1.54, 1.807) is 6.92 Å². The summed E-state index contributed by atoms with van der Waals surface area (Å²) in [5, 5.41) is 8.86. The third-order valence-corrected chi connectivity index (χ3v) is 2.53. The van der Waals surface area contributed by atoms with Crippen molar-refractivity contribution in [2.45, 2.75) is 38.6 Å². The number of hydrogen-bond donors (Lipinski definition) is 2. The lowest BCUT2D eigenvalue weighted by atomic mass is 9.74. The van der Waals surface area contributed by atoms with E-state index in [9.17, 15) is 4.79 Å². The van der Waals surface area contributed by atoms with Crippen molar-refractivity contribution in [2.24, 2.45) is 11.1 Å². The zero-order chi connectivity index (χ0) is 8.48. The van der Waals surface area contributed by atoms with Crippen LogP contribution in [0.2, 0.25) is 0 Å². The minimum absolute atomic E-state index is 0. The minimum Gasteiger partial charge on any atom is -0.481 e. The van der Waals surface area contributed by atoms with Crippen LogP contribution in [0.3, 0.4) is 0 Å². The Morgan fingerprint density at radius 3 is 2.58 bits per heavy atom. The van der Waals surface area contributed by atoms with Gasteiger partial charge in [0.2, 0.25) is 0 Å². The summed E-state index contributed by atoms with van der Waals surface area (Å²) in [4.78, 5) is 10.8. The first-order valence-corrected chi connectivity index (χ1v) is 4.03. The molecule has 0 saturated heterocycles. The van der Waals surface area contributed by atoms with Gasteiger partial charge in [-0.3, -0.25) is 4.79 Å². The van der Waals surface area contributed by atoms with E-state index >= 15 is 0 Å². The molecule has 1 aliphatic carbocycles. The van der Waals surface area contributed by atoms with Crippen molar-refractivity contribution in [1.82, 2.24) is 0 Å². The van der Waals surface area contributed by atoms with Crippen LogP contribution in [-0.4, -0.2) is 17.1 Å². The van der Waals surface area contributed by atoms with Gasteiger partial charge in [0.15, 0.2) is 0 Å². The van der Waals surface area contributed by atoms with E-state index < -0.39 is 11.4 Å². The van der Waals surface area contributed by atoms with Gasteiger partial charge in [-0.1, -0.05) is 6.42 Å². The number of carbonyl (C=O) groups is 1. The number of nitrogens with two attached hydrogens (primary N) is 1. The van der Waals surface area contributed by atoms with Gasteiger partial charge in [0.1, 0.15) is 0 Å². The van der Waals surface area contributed by atoms with Crippen LogP contribution in [0.25, 0.3) is 0 Å². The van der Waals surface area contributed by atoms with Gasteiger partial charge >= 0.3 is 5.97 Å². The van der Waals surface area contributed by atoms with Crippen molar-refractivity contribution < 1.29 is 9.90 Å². The second-order valence-corrected chi connectivity index (χ2v) is 3.72. The van der Waals surface area contributed by atoms with E-state index in [1.807, 2.05) is 0 Å². The fourth-order valence-corrected chi connectivity index (χ4v) is 1.73. The van der Waals surface area contributed by atoms with Crippen molar-refractivity contribution in [3.8, 4) is 0 Å². The molecule has 1 saturated carbocycles. The van der Waals surface area contributed by atoms with E-state index in [1.165, 1.54) is 0 Å². The molecule has 3 N–H and O–H groups in total. The number of carboxylic acids is 1. The lowest BCUT2D eigenvalue weighted by molar-refractivity contribution is -0.150. The summed E-state index contributed by atoms with van der Waals surface area (Å²) in [5.41, 5.74) is 5.13. The van der Waals surface area contributed by atoms with Crippen molar-refractivity contribution in [1.29, 1.82) is 0 Å². The Bertz CT molecular complexity index is 174. The maximum atomic E-state index is 10.8. The Kier molecular flexibility index (Phi) is 4.00. The van der Waals surface area contributed by atoms with Crippen LogP contribution in [0.5, 0.6) is 0 Å². The minimum atomic E-state index is -0.701. The summed E-state index contributed by atoms with van der Waals surface area (Å²) < 4.78 is 0. The highest BCUT2D eigenvalue weighted by Crippen LogP contribution is 2.35. The average molecular weight is 194 g/mol. The second kappa shape index (κ2) is 4.10. The molecule has 72 valence electrons. The van der Waals surface area contributed by atoms with Gasteiger partial charge in [-0.25, -0.2) is 0 Å². The summed E-state index contributed by atoms with van der Waals surface area (Å²) in [7, 11) is 0. The van der Waals surface area contributed by atoms with E-state index in [0.717, 1.165) is 19.3 Å². The van der Waals surface area contributed by atoms with Crippen LogP contribution in [0, 0.1) is 5.41 Å². The third-order valence-electron chi connectivity index (χ3n) is 2.53. The van der Waals surface area contributed by atoms with Gasteiger partial charge < -0.3 is 10.8 Å². The molecule has 0 amide bonds. The molecule has 0 aromatic rings. The van der Waals surface area contributed by atoms with Gasteiger partial charge in [0.05, 0.1) is 5.41 Å². The number of carboxylic acid groups (broad SMARTS) is 1. The summed E-state index contributed by atoms with van der Waals surface area (Å²) in [5.74, 6) is -0.701. The Hall–Kier alpha value is -0.280. The highest BCUT2D eigenvalue weighted by Gasteiger charge is 2.37. The van der Waals surface area contributed by atoms with Gasteiger partial charge in [-0.2, -0.15) is 0 Å². The van der Waals surface area contributed by atoms with E-state index in [-0.39, 0.29) is 18.4 Å². The van der Waals surface area contributed by atoms with Crippen LogP contribution in [0.4, 0.5) is 0 Å². The highest BCUT2D eigenvalue weighted by atomic mass is 35.5. The Morgan fingerprint density at radius 2 is 2.25 bits per heavy atom. The molecule has 0 bridgehead atoms. The van der Waals surface area contributed by atoms with E-state index in [0.29, 0.717) is 6.42 Å². The topological polar surface area (TPSA) is 63.3 Å². The summed E-state index contributed by atoms with van der Waals surface area (Å²) in [6.45, 7) is 1.79. The lowest BCUT2D eigenvalue weighted by Crippen LogP contribution is -2.39. The lowest BCUT2D eigenvalue weighted by Gasteiger charge is -2.32. The molecule has 12 heavy (non-hydrogen) atoms. The maximum absolute atomic E-state index is 10.8. The standard InChI is InChI=1S/C8H15NO2.ClH/c1-8(7(10)11)4-2-3-6(9)5-8;/h6H,2-5,9H2,1H3,(H,10,11);1H/t6-,8-;/m0./s1. The summed E-state index contributed by atoms with van der Waals surface area (Å²) >= 11 is 0. The average Bonchev–Trinajstić information content (AvgIpc) is 1.86. The number of halogens is 1. The van der Waals surface area contributed by atoms with Crippen LogP contribution < -0.4 is 5.73 Å². The first-order chi connectivity index (χ1) is 5.04. The molecule has 0 aliphatic heterocycles. The predicted molar refractivity (Wildman–Crippen MR) is 49.4 cm³/mol. The largest absolute Gasteiger partial charge is 0.481 e. The molecule has 0 heterocycles. The molecule has 3 nitrogen and oxygen atoms in total. The molecule has 1 fully saturated rings. The SMILES string of the molecule is C[C@]1(C(=O)O)CCC[C@H](N)C1.Cl. The summed E-state index contributed by atoms with van der Waals surface area (Å²) in [6, 6.07) is 0.0878. The monoisotopic (exact) mass is 193 g/mol. The van der Waals surface area contributed by atoms with E-state index in [4.69, 9.17) is 10.8 Å². The van der Waals surface area contributed by atoms with Gasteiger partial charge in [-0.05, 0) is 26.2 Å². The third kappa shape index (κ3) is 2.35. The first kappa shape index (κ1) is 11.7. The molecular formula is C8H16ClNO2. The Labute approximate surface area is 78.7 Å². The van der Waals surface area contributed by atoms with Gasteiger partial charge in [-0.15, -0.1) is 12.4 Å². The smallest absolute Gasteiger partial charge is 0.309 e. The number of aliphatic carboxylic acids is 1. The van der Waals surface area contributed by atoms with Crippen molar-refractivity contribution >= 4 is 18.4 Å². The zero-order valence-corrected chi connectivity index (χ0v) is 8.06. The fourth-order valence-electron chi connectivity index (χ4n) is 1.73. The van der Waals surface area contributed by atoms with Gasteiger partial charge in [0.25, 0.3) is 0 Å². The van der Waals surface area contributed by atoms with Crippen LogP contribution >= 0.6 is 12.4 Å². The molecule has 1 rings (SSSR count). The molecule has 1 aliphatic rings. The van der Waals surface area contributed by atoms with Crippen LogP contribution in [-0.2, 0) is 4.79 Å².